The highest BCUT2D eigenvalue weighted by molar-refractivity contribution is 6.61. The highest BCUT2D eigenvalue weighted by Crippen LogP contribution is 2.33. The van der Waals surface area contributed by atoms with Crippen molar-refractivity contribution < 1.29 is 93.7 Å². The summed E-state index contributed by atoms with van der Waals surface area (Å²) >= 11 is 0. The Kier molecular flexibility index (Phi) is 104. The SMILES string of the molecule is CCCCOC(CCCCCCCCCCCCCCCCC(=O)O[Si](OC(=O)CCCCCCCCCCCCCCCCC(OCCCC)(OCCCC)OCCCC)(OC(=O)CCCCCCCCCCCCCCCCC(OCCCC)(OCCCC)OCCCC)OC(=O)CCCCCCCCCCCCCCCCC(OCCCC)(OCCCC)OCCCC)(OCCCC)OCCCC. The van der Waals surface area contributed by atoms with Gasteiger partial charge in [-0.1, -0.05) is 468 Å². The monoisotopic (exact) mass is 2030 g/mol. The molecule has 0 aliphatic heterocycles. The lowest BCUT2D eigenvalue weighted by atomic mass is 10.0. The maximum atomic E-state index is 14.2. The Labute approximate surface area is 873 Å². The van der Waals surface area contributed by atoms with Crippen LogP contribution < -0.4 is 0 Å². The van der Waals surface area contributed by atoms with Crippen LogP contribution in [0.25, 0.3) is 0 Å². The van der Waals surface area contributed by atoms with Crippen LogP contribution in [0.3, 0.4) is 0 Å². The Morgan fingerprint density at radius 1 is 0.135 bits per heavy atom. The summed E-state index contributed by atoms with van der Waals surface area (Å²) in [5.74, 6) is -6.37. The minimum atomic E-state index is -5.03. The average Bonchev–Trinajstić information content (AvgIpc) is 0.821. The van der Waals surface area contributed by atoms with Crippen molar-refractivity contribution in [1.29, 1.82) is 0 Å². The van der Waals surface area contributed by atoms with Gasteiger partial charge in [-0.25, -0.2) is 0 Å². The maximum Gasteiger partial charge on any atom is 0.974 e. The molecule has 0 unspecified atom stereocenters. The molecule has 141 heavy (non-hydrogen) atoms. The van der Waals surface area contributed by atoms with E-state index in [1.54, 1.807) is 0 Å². The van der Waals surface area contributed by atoms with Gasteiger partial charge in [0.25, 0.3) is 47.8 Å². The van der Waals surface area contributed by atoms with Gasteiger partial charge in [0.1, 0.15) is 0 Å². The van der Waals surface area contributed by atoms with Gasteiger partial charge in [0.2, 0.25) is 0 Å². The fourth-order valence-electron chi connectivity index (χ4n) is 17.6. The number of unbranched alkanes of at least 4 members (excludes halogenated alkanes) is 64. The van der Waals surface area contributed by atoms with Crippen LogP contribution in [0.5, 0.6) is 0 Å². The zero-order chi connectivity index (χ0) is 103. The van der Waals surface area contributed by atoms with Crippen molar-refractivity contribution >= 4 is 32.9 Å². The van der Waals surface area contributed by atoms with Gasteiger partial charge >= 0.3 is 9.05 Å². The second-order valence-electron chi connectivity index (χ2n) is 41.4. The average molecular weight is 2030 g/mol. The molecule has 0 aromatic rings. The number of ether oxygens (including phenoxy) is 12. The molecule has 0 radical (unpaired) electrons. The minimum absolute atomic E-state index is 0.0284. The molecule has 0 atom stereocenters. The Balaban J connectivity index is 6.07. The van der Waals surface area contributed by atoms with Gasteiger partial charge < -0.3 is 74.5 Å². The summed E-state index contributed by atoms with van der Waals surface area (Å²) in [6, 6.07) is 0. The minimum Gasteiger partial charge on any atom is -0.423 e. The number of carbonyl (C=O) groups is 4. The third-order valence-corrected chi connectivity index (χ3v) is 29.2. The summed E-state index contributed by atoms with van der Waals surface area (Å²) in [6.07, 6.45) is 89.9. The zero-order valence-corrected chi connectivity index (χ0v) is 96.4. The molecular formula is C120H236O20Si. The number of hydrogen-bond acceptors (Lipinski definition) is 20. The van der Waals surface area contributed by atoms with E-state index in [4.69, 9.17) is 74.5 Å². The zero-order valence-electron chi connectivity index (χ0n) is 95.4. The molecule has 20 nitrogen and oxygen atoms in total. The first-order chi connectivity index (χ1) is 69.1. The maximum absolute atomic E-state index is 14.2. The quantitative estimate of drug-likeness (QED) is 0.0314. The number of carbonyl (C=O) groups excluding carboxylic acids is 4. The predicted octanol–water partition coefficient (Wildman–Crippen LogP) is 37.0. The first kappa shape index (κ1) is 139. The molecule has 0 fully saturated rings. The van der Waals surface area contributed by atoms with E-state index >= 15 is 0 Å². The van der Waals surface area contributed by atoms with Gasteiger partial charge in [0.05, 0.1) is 79.3 Å². The first-order valence-electron chi connectivity index (χ1n) is 61.7. The highest BCUT2D eigenvalue weighted by atomic mass is 28.4. The summed E-state index contributed by atoms with van der Waals surface area (Å²) in [7, 11) is -5.03. The van der Waals surface area contributed by atoms with Crippen LogP contribution >= 0.6 is 0 Å². The molecule has 840 valence electrons. The lowest BCUT2D eigenvalue weighted by molar-refractivity contribution is -0.384. The molecule has 0 N–H and O–H groups in total. The van der Waals surface area contributed by atoms with E-state index in [-0.39, 0.29) is 25.7 Å². The molecule has 0 aromatic carbocycles. The van der Waals surface area contributed by atoms with E-state index in [2.05, 4.69) is 83.1 Å². The molecule has 0 saturated carbocycles. The molecule has 0 rings (SSSR count). The second kappa shape index (κ2) is 106. The Bertz CT molecular complexity index is 2140. The summed E-state index contributed by atoms with van der Waals surface area (Å²) in [4.78, 5) is 56.8. The van der Waals surface area contributed by atoms with Gasteiger partial charge in [-0.2, -0.15) is 0 Å². The predicted molar refractivity (Wildman–Crippen MR) is 587 cm³/mol. The van der Waals surface area contributed by atoms with Crippen LogP contribution in [0.1, 0.15) is 648 Å². The van der Waals surface area contributed by atoms with E-state index in [1.165, 1.54) is 180 Å². The van der Waals surface area contributed by atoms with Gasteiger partial charge in [-0.15, -0.1) is 0 Å². The Morgan fingerprint density at radius 2 is 0.227 bits per heavy atom. The molecule has 0 spiro atoms. The Hall–Kier alpha value is -2.38. The van der Waals surface area contributed by atoms with Gasteiger partial charge in [0, 0.05) is 51.4 Å². The lowest BCUT2D eigenvalue weighted by Gasteiger charge is -2.33. The van der Waals surface area contributed by atoms with Crippen LogP contribution in [0, 0.1) is 0 Å². The van der Waals surface area contributed by atoms with Crippen molar-refractivity contribution in [3.05, 3.63) is 0 Å². The van der Waals surface area contributed by atoms with Crippen LogP contribution in [-0.2, 0) is 93.7 Å². The van der Waals surface area contributed by atoms with Crippen LogP contribution in [0.2, 0.25) is 0 Å². The normalized spacial score (nSPS) is 12.3. The fraction of sp³-hybridized carbons (Fsp3) is 0.967. The van der Waals surface area contributed by atoms with Crippen molar-refractivity contribution in [3.63, 3.8) is 0 Å². The Morgan fingerprint density at radius 3 is 0.326 bits per heavy atom. The fourth-order valence-corrected chi connectivity index (χ4v) is 19.4. The van der Waals surface area contributed by atoms with Crippen LogP contribution in [0.4, 0.5) is 0 Å². The van der Waals surface area contributed by atoms with Crippen molar-refractivity contribution in [2.45, 2.75) is 672 Å². The molecule has 0 aliphatic rings. The van der Waals surface area contributed by atoms with Crippen LogP contribution in [0.15, 0.2) is 0 Å². The third kappa shape index (κ3) is 88.0. The van der Waals surface area contributed by atoms with Crippen molar-refractivity contribution in [1.82, 2.24) is 0 Å². The number of hydrogen-bond donors (Lipinski definition) is 0. The molecule has 0 aliphatic carbocycles. The first-order valence-corrected chi connectivity index (χ1v) is 63.3. The van der Waals surface area contributed by atoms with Crippen molar-refractivity contribution in [2.24, 2.45) is 0 Å². The summed E-state index contributed by atoms with van der Waals surface area (Å²) in [5, 5.41) is 0. The molecule has 0 aromatic heterocycles. The summed E-state index contributed by atoms with van der Waals surface area (Å²) < 4.78 is 101. The summed E-state index contributed by atoms with van der Waals surface area (Å²) in [6.45, 7) is 34.3. The van der Waals surface area contributed by atoms with Gasteiger partial charge in [-0.3, -0.25) is 19.2 Å². The third-order valence-electron chi connectivity index (χ3n) is 27.2. The molecule has 0 amide bonds. The van der Waals surface area contributed by atoms with E-state index < -0.39 is 56.8 Å². The van der Waals surface area contributed by atoms with Crippen molar-refractivity contribution in [2.75, 3.05) is 79.3 Å². The molecule has 0 saturated heterocycles. The van der Waals surface area contributed by atoms with E-state index in [0.717, 1.165) is 334 Å². The second-order valence-corrected chi connectivity index (χ2v) is 43.2. The largest absolute Gasteiger partial charge is 0.974 e. The lowest BCUT2D eigenvalue weighted by Crippen LogP contribution is -2.54. The molecule has 0 heterocycles. The standard InChI is InChI=1S/C120H236O20Si/c1-13-25-101-125-117(126-102-26-14-2,127-103-27-15-3)97-89-81-73-65-57-49-41-37-45-53-61-69-77-85-93-113(121)137-141(138-114(122)94-86-78-70-62-54-46-38-42-50-58-66-74-82-90-98-118(128-104-28-16-4,129-105-29-17-5)130-106-30-18-6,139-115(123)95-87-79-71-63-55-47-39-43-51-59-67-75-83-91-99-119(131-107-31-19-7,132-108-32-20-8)133-109-33-21-9)140-116(124)96-88-80-72-64-56-48-40-44-52-60-68-76-84-92-100-120(134-110-34-22-10,135-111-35-23-11)136-112-36-24-12/h13-112H2,1-12H3. The smallest absolute Gasteiger partial charge is 0.423 e. The highest BCUT2D eigenvalue weighted by Gasteiger charge is 2.63. The summed E-state index contributed by atoms with van der Waals surface area (Å²) in [5.41, 5.74) is 0. The number of rotatable bonds is 120. The van der Waals surface area contributed by atoms with Gasteiger partial charge in [-0.05, 0) is 128 Å². The van der Waals surface area contributed by atoms with E-state index in [0.29, 0.717) is 105 Å². The molecular weight excluding hydrogens is 1790 g/mol. The topological polar surface area (TPSA) is 216 Å². The molecule has 0 bridgehead atoms. The van der Waals surface area contributed by atoms with E-state index in [9.17, 15) is 19.2 Å². The van der Waals surface area contributed by atoms with Crippen LogP contribution in [-0.4, -0.2) is 136 Å². The van der Waals surface area contributed by atoms with Crippen molar-refractivity contribution in [3.8, 4) is 0 Å². The van der Waals surface area contributed by atoms with Gasteiger partial charge in [0.15, 0.2) is 0 Å². The molecule has 21 heteroatoms. The van der Waals surface area contributed by atoms with E-state index in [1.807, 2.05) is 0 Å².